The molecule has 0 radical (unpaired) electrons. The Morgan fingerprint density at radius 3 is 2.76 bits per heavy atom. The topological polar surface area (TPSA) is 47.6 Å². The summed E-state index contributed by atoms with van der Waals surface area (Å²) in [6.45, 7) is 9.89. The fourth-order valence-corrected chi connectivity index (χ4v) is 1.75. The summed E-state index contributed by atoms with van der Waals surface area (Å²) in [7, 11) is 0. The van der Waals surface area contributed by atoms with E-state index in [9.17, 15) is 4.79 Å². The first-order chi connectivity index (χ1) is 7.88. The van der Waals surface area contributed by atoms with Gasteiger partial charge in [0.15, 0.2) is 0 Å². The maximum absolute atomic E-state index is 11.7. The van der Waals surface area contributed by atoms with E-state index >= 15 is 0 Å². The summed E-state index contributed by atoms with van der Waals surface area (Å²) in [6.07, 6.45) is 2.59. The molecular weight excluding hydrogens is 218 g/mol. The van der Waals surface area contributed by atoms with Crippen molar-refractivity contribution >= 4 is 5.97 Å². The Bertz CT molecular complexity index is 242. The summed E-state index contributed by atoms with van der Waals surface area (Å²) in [6, 6.07) is 0. The maximum Gasteiger partial charge on any atom is 0.310 e. The first-order valence-electron chi connectivity index (χ1n) is 6.43. The van der Waals surface area contributed by atoms with Crippen molar-refractivity contribution in [2.45, 2.75) is 52.2 Å². The molecule has 0 amide bonds. The van der Waals surface area contributed by atoms with Crippen molar-refractivity contribution in [3.8, 4) is 0 Å². The van der Waals surface area contributed by atoms with Crippen LogP contribution in [0.2, 0.25) is 0 Å². The largest absolute Gasteiger partial charge is 0.460 e. The van der Waals surface area contributed by atoms with Crippen molar-refractivity contribution in [1.29, 1.82) is 0 Å². The average Bonchev–Trinajstić information content (AvgIpc) is 2.67. The van der Waals surface area contributed by atoms with Gasteiger partial charge in [0.05, 0.1) is 12.0 Å². The first-order valence-corrected chi connectivity index (χ1v) is 6.43. The van der Waals surface area contributed by atoms with Gasteiger partial charge in [-0.25, -0.2) is 0 Å². The SMILES string of the molecule is C[C@@H](CNC[C@H]1CCCO1)C(=O)OC(C)(C)C. The van der Waals surface area contributed by atoms with Crippen molar-refractivity contribution in [3.63, 3.8) is 0 Å². The Morgan fingerprint density at radius 2 is 2.24 bits per heavy atom. The molecule has 100 valence electrons. The zero-order valence-corrected chi connectivity index (χ0v) is 11.4. The van der Waals surface area contributed by atoms with E-state index in [2.05, 4.69) is 5.32 Å². The van der Waals surface area contributed by atoms with Crippen LogP contribution in [0.4, 0.5) is 0 Å². The van der Waals surface area contributed by atoms with E-state index < -0.39 is 5.60 Å². The van der Waals surface area contributed by atoms with Gasteiger partial charge in [-0.1, -0.05) is 6.92 Å². The Balaban J connectivity index is 2.15. The van der Waals surface area contributed by atoms with Crippen LogP contribution in [0.15, 0.2) is 0 Å². The molecule has 2 atom stereocenters. The standard InChI is InChI=1S/C13H25NO3/c1-10(12(15)17-13(2,3)4)8-14-9-11-6-5-7-16-11/h10-11,14H,5-9H2,1-4H3/t10-,11+/m0/s1. The summed E-state index contributed by atoms with van der Waals surface area (Å²) >= 11 is 0. The zero-order chi connectivity index (χ0) is 12.9. The lowest BCUT2D eigenvalue weighted by molar-refractivity contribution is -0.159. The van der Waals surface area contributed by atoms with Gasteiger partial charge in [-0.15, -0.1) is 0 Å². The second-order valence-electron chi connectivity index (χ2n) is 5.73. The van der Waals surface area contributed by atoms with E-state index in [-0.39, 0.29) is 11.9 Å². The van der Waals surface area contributed by atoms with Crippen molar-refractivity contribution in [2.24, 2.45) is 5.92 Å². The molecule has 0 spiro atoms. The van der Waals surface area contributed by atoms with Crippen LogP contribution >= 0.6 is 0 Å². The number of nitrogens with one attached hydrogen (secondary N) is 1. The van der Waals surface area contributed by atoms with Crippen LogP contribution in [-0.2, 0) is 14.3 Å². The Morgan fingerprint density at radius 1 is 1.53 bits per heavy atom. The molecule has 0 aromatic carbocycles. The van der Waals surface area contributed by atoms with Crippen LogP contribution in [0, 0.1) is 5.92 Å². The van der Waals surface area contributed by atoms with Crippen molar-refractivity contribution in [3.05, 3.63) is 0 Å². The van der Waals surface area contributed by atoms with Gasteiger partial charge in [0.25, 0.3) is 0 Å². The Hall–Kier alpha value is -0.610. The van der Waals surface area contributed by atoms with Crippen LogP contribution in [0.5, 0.6) is 0 Å². The van der Waals surface area contributed by atoms with Crippen molar-refractivity contribution < 1.29 is 14.3 Å². The summed E-state index contributed by atoms with van der Waals surface area (Å²) in [4.78, 5) is 11.7. The quantitative estimate of drug-likeness (QED) is 0.747. The molecule has 1 heterocycles. The lowest BCUT2D eigenvalue weighted by Crippen LogP contribution is -2.35. The van der Waals surface area contributed by atoms with Crippen molar-refractivity contribution in [1.82, 2.24) is 5.32 Å². The highest BCUT2D eigenvalue weighted by molar-refractivity contribution is 5.72. The summed E-state index contributed by atoms with van der Waals surface area (Å²) in [5, 5.41) is 3.27. The van der Waals surface area contributed by atoms with E-state index in [1.54, 1.807) is 0 Å². The molecule has 1 N–H and O–H groups in total. The third-order valence-electron chi connectivity index (χ3n) is 2.66. The summed E-state index contributed by atoms with van der Waals surface area (Å²) in [5.41, 5.74) is -0.403. The number of esters is 1. The minimum Gasteiger partial charge on any atom is -0.460 e. The second kappa shape index (κ2) is 6.36. The van der Waals surface area contributed by atoms with Gasteiger partial charge in [0, 0.05) is 19.7 Å². The number of ether oxygens (including phenoxy) is 2. The van der Waals surface area contributed by atoms with Gasteiger partial charge in [0.2, 0.25) is 0 Å². The van der Waals surface area contributed by atoms with Crippen molar-refractivity contribution in [2.75, 3.05) is 19.7 Å². The molecule has 17 heavy (non-hydrogen) atoms. The van der Waals surface area contributed by atoms with Crippen LogP contribution in [0.1, 0.15) is 40.5 Å². The van der Waals surface area contributed by atoms with Gasteiger partial charge in [-0.2, -0.15) is 0 Å². The third-order valence-corrected chi connectivity index (χ3v) is 2.66. The Kier molecular flexibility index (Phi) is 5.40. The lowest BCUT2D eigenvalue weighted by atomic mass is 10.1. The highest BCUT2D eigenvalue weighted by Gasteiger charge is 2.22. The molecule has 0 aromatic rings. The highest BCUT2D eigenvalue weighted by atomic mass is 16.6. The minimum atomic E-state index is -0.403. The fourth-order valence-electron chi connectivity index (χ4n) is 1.75. The number of carbonyl (C=O) groups excluding carboxylic acids is 1. The second-order valence-corrected chi connectivity index (χ2v) is 5.73. The molecule has 1 saturated heterocycles. The van der Waals surface area contributed by atoms with E-state index in [1.807, 2.05) is 27.7 Å². The predicted octanol–water partition coefficient (Wildman–Crippen LogP) is 1.73. The molecule has 0 aliphatic carbocycles. The fraction of sp³-hybridized carbons (Fsp3) is 0.923. The molecule has 4 heteroatoms. The molecule has 1 fully saturated rings. The lowest BCUT2D eigenvalue weighted by Gasteiger charge is -2.22. The van der Waals surface area contributed by atoms with Crippen LogP contribution in [0.3, 0.4) is 0 Å². The van der Waals surface area contributed by atoms with Crippen LogP contribution < -0.4 is 5.32 Å². The predicted molar refractivity (Wildman–Crippen MR) is 66.9 cm³/mol. The smallest absolute Gasteiger partial charge is 0.310 e. The monoisotopic (exact) mass is 243 g/mol. The van der Waals surface area contributed by atoms with Gasteiger partial charge in [-0.05, 0) is 33.6 Å². The minimum absolute atomic E-state index is 0.115. The highest BCUT2D eigenvalue weighted by Crippen LogP contribution is 2.12. The molecule has 0 bridgehead atoms. The average molecular weight is 243 g/mol. The zero-order valence-electron chi connectivity index (χ0n) is 11.4. The maximum atomic E-state index is 11.7. The molecule has 1 rings (SSSR count). The Labute approximate surface area is 104 Å². The van der Waals surface area contributed by atoms with E-state index in [4.69, 9.17) is 9.47 Å². The number of rotatable bonds is 5. The van der Waals surface area contributed by atoms with E-state index in [0.717, 1.165) is 26.0 Å². The van der Waals surface area contributed by atoms with Crippen LogP contribution in [0.25, 0.3) is 0 Å². The normalized spacial score (nSPS) is 22.5. The number of carbonyl (C=O) groups is 1. The molecule has 0 unspecified atom stereocenters. The summed E-state index contributed by atoms with van der Waals surface area (Å²) in [5.74, 6) is -0.257. The summed E-state index contributed by atoms with van der Waals surface area (Å²) < 4.78 is 10.8. The van der Waals surface area contributed by atoms with Gasteiger partial charge in [-0.3, -0.25) is 4.79 Å². The van der Waals surface area contributed by atoms with E-state index in [0.29, 0.717) is 12.6 Å². The van der Waals surface area contributed by atoms with Gasteiger partial charge < -0.3 is 14.8 Å². The number of hydrogen-bond donors (Lipinski definition) is 1. The molecule has 0 saturated carbocycles. The molecule has 0 aromatic heterocycles. The molecular formula is C13H25NO3. The molecule has 1 aliphatic heterocycles. The van der Waals surface area contributed by atoms with Crippen LogP contribution in [-0.4, -0.2) is 37.4 Å². The number of hydrogen-bond acceptors (Lipinski definition) is 4. The van der Waals surface area contributed by atoms with Gasteiger partial charge in [0.1, 0.15) is 5.60 Å². The first kappa shape index (κ1) is 14.5. The van der Waals surface area contributed by atoms with E-state index in [1.165, 1.54) is 0 Å². The molecule has 4 nitrogen and oxygen atoms in total. The molecule has 1 aliphatic rings. The van der Waals surface area contributed by atoms with Gasteiger partial charge >= 0.3 is 5.97 Å². The third kappa shape index (κ3) is 6.03.